The van der Waals surface area contributed by atoms with Gasteiger partial charge in [0.05, 0.1) is 32.7 Å². The molecular formula is C25H20Cl2N2O5S. The Labute approximate surface area is 216 Å². The zero-order valence-electron chi connectivity index (χ0n) is 18.9. The van der Waals surface area contributed by atoms with E-state index >= 15 is 0 Å². The second-order valence-electron chi connectivity index (χ2n) is 7.21. The maximum atomic E-state index is 13.7. The second kappa shape index (κ2) is 10.5. The molecule has 0 radical (unpaired) electrons. The topological polar surface area (TPSA) is 77.1 Å². The van der Waals surface area contributed by atoms with E-state index in [1.807, 2.05) is 0 Å². The Morgan fingerprint density at radius 1 is 0.771 bits per heavy atom. The Morgan fingerprint density at radius 3 is 2.09 bits per heavy atom. The average molecular weight is 531 g/mol. The molecule has 0 bridgehead atoms. The van der Waals surface area contributed by atoms with Crippen LogP contribution in [0.25, 0.3) is 0 Å². The SMILES string of the molecule is COc1ccc(OC)c(NC2=C(Sc3ccc(Cl)cc3)C(=O)N(c3cc(Cl)ccc3OC)C2=O)c1. The highest BCUT2D eigenvalue weighted by atomic mass is 35.5. The summed E-state index contributed by atoms with van der Waals surface area (Å²) in [5, 5.41) is 4.00. The van der Waals surface area contributed by atoms with Crippen LogP contribution in [-0.4, -0.2) is 33.1 Å². The molecule has 0 aliphatic carbocycles. The number of anilines is 2. The number of methoxy groups -OCH3 is 3. The molecule has 0 fully saturated rings. The molecule has 0 atom stereocenters. The molecule has 0 spiro atoms. The molecule has 1 heterocycles. The summed E-state index contributed by atoms with van der Waals surface area (Å²) in [7, 11) is 4.49. The van der Waals surface area contributed by atoms with Crippen LogP contribution in [0.4, 0.5) is 11.4 Å². The number of halogens is 2. The third-order valence-electron chi connectivity index (χ3n) is 5.12. The molecule has 0 aromatic heterocycles. The summed E-state index contributed by atoms with van der Waals surface area (Å²) >= 11 is 13.3. The first-order valence-electron chi connectivity index (χ1n) is 10.2. The van der Waals surface area contributed by atoms with Crippen molar-refractivity contribution in [1.82, 2.24) is 0 Å². The number of hydrogen-bond donors (Lipinski definition) is 1. The van der Waals surface area contributed by atoms with Gasteiger partial charge < -0.3 is 19.5 Å². The van der Waals surface area contributed by atoms with E-state index in [0.717, 1.165) is 21.6 Å². The molecular weight excluding hydrogens is 511 g/mol. The Kier molecular flexibility index (Phi) is 7.45. The van der Waals surface area contributed by atoms with Gasteiger partial charge in [0.2, 0.25) is 0 Å². The second-order valence-corrected chi connectivity index (χ2v) is 9.17. The van der Waals surface area contributed by atoms with Crippen molar-refractivity contribution >= 4 is 58.2 Å². The lowest BCUT2D eigenvalue weighted by molar-refractivity contribution is -0.120. The summed E-state index contributed by atoms with van der Waals surface area (Å²) in [5.41, 5.74) is 0.763. The van der Waals surface area contributed by atoms with Gasteiger partial charge in [-0.2, -0.15) is 0 Å². The number of rotatable bonds is 8. The number of thioether (sulfide) groups is 1. The molecule has 0 saturated heterocycles. The number of nitrogens with one attached hydrogen (secondary N) is 1. The number of imide groups is 1. The minimum atomic E-state index is -0.572. The third-order valence-corrected chi connectivity index (χ3v) is 6.70. The fourth-order valence-corrected chi connectivity index (χ4v) is 4.66. The summed E-state index contributed by atoms with van der Waals surface area (Å²) in [4.78, 5) is 29.3. The summed E-state index contributed by atoms with van der Waals surface area (Å²) < 4.78 is 16.1. The van der Waals surface area contributed by atoms with Gasteiger partial charge in [0.15, 0.2) is 0 Å². The Hall–Kier alpha value is -3.33. The van der Waals surface area contributed by atoms with Gasteiger partial charge in [-0.1, -0.05) is 35.0 Å². The smallest absolute Gasteiger partial charge is 0.283 e. The minimum absolute atomic E-state index is 0.0727. The van der Waals surface area contributed by atoms with E-state index in [-0.39, 0.29) is 16.3 Å². The van der Waals surface area contributed by atoms with Crippen LogP contribution in [0.1, 0.15) is 0 Å². The fraction of sp³-hybridized carbons (Fsp3) is 0.120. The number of carbonyl (C=O) groups is 2. The van der Waals surface area contributed by atoms with E-state index in [9.17, 15) is 9.59 Å². The highest BCUT2D eigenvalue weighted by molar-refractivity contribution is 8.04. The highest BCUT2D eigenvalue weighted by Crippen LogP contribution is 2.42. The van der Waals surface area contributed by atoms with E-state index < -0.39 is 11.8 Å². The first-order valence-corrected chi connectivity index (χ1v) is 11.8. The van der Waals surface area contributed by atoms with Crippen molar-refractivity contribution in [3.05, 3.63) is 81.3 Å². The zero-order valence-corrected chi connectivity index (χ0v) is 21.3. The van der Waals surface area contributed by atoms with Gasteiger partial charge in [0.1, 0.15) is 27.9 Å². The summed E-state index contributed by atoms with van der Waals surface area (Å²) in [5.74, 6) is 0.239. The molecule has 0 unspecified atom stereocenters. The first-order chi connectivity index (χ1) is 16.9. The Morgan fingerprint density at radius 2 is 1.43 bits per heavy atom. The lowest BCUT2D eigenvalue weighted by atomic mass is 10.2. The van der Waals surface area contributed by atoms with E-state index in [1.54, 1.807) is 54.6 Å². The predicted molar refractivity (Wildman–Crippen MR) is 138 cm³/mol. The van der Waals surface area contributed by atoms with Crippen molar-refractivity contribution in [1.29, 1.82) is 0 Å². The van der Waals surface area contributed by atoms with Crippen LogP contribution < -0.4 is 24.4 Å². The van der Waals surface area contributed by atoms with Gasteiger partial charge >= 0.3 is 0 Å². The quantitative estimate of drug-likeness (QED) is 0.357. The zero-order chi connectivity index (χ0) is 25.1. The van der Waals surface area contributed by atoms with Gasteiger partial charge in [0, 0.05) is 21.0 Å². The lowest BCUT2D eigenvalue weighted by Crippen LogP contribution is -2.32. The number of benzene rings is 3. The molecule has 180 valence electrons. The molecule has 3 aromatic rings. The van der Waals surface area contributed by atoms with Gasteiger partial charge in [0.25, 0.3) is 11.8 Å². The molecule has 2 amide bonds. The summed E-state index contributed by atoms with van der Waals surface area (Å²) in [6, 6.07) is 16.8. The van der Waals surface area contributed by atoms with Gasteiger partial charge in [-0.25, -0.2) is 4.90 Å². The van der Waals surface area contributed by atoms with Crippen LogP contribution in [0.2, 0.25) is 10.0 Å². The van der Waals surface area contributed by atoms with E-state index in [1.165, 1.54) is 27.4 Å². The first kappa shape index (κ1) is 24.8. The number of hydrogen-bond acceptors (Lipinski definition) is 7. The van der Waals surface area contributed by atoms with Crippen molar-refractivity contribution in [2.45, 2.75) is 4.90 Å². The van der Waals surface area contributed by atoms with E-state index in [0.29, 0.717) is 33.0 Å². The molecule has 7 nitrogen and oxygen atoms in total. The number of ether oxygens (including phenoxy) is 3. The number of carbonyl (C=O) groups excluding carboxylic acids is 2. The van der Waals surface area contributed by atoms with Crippen molar-refractivity contribution in [3.63, 3.8) is 0 Å². The van der Waals surface area contributed by atoms with Crippen molar-refractivity contribution < 1.29 is 23.8 Å². The highest BCUT2D eigenvalue weighted by Gasteiger charge is 2.42. The number of nitrogens with zero attached hydrogens (tertiary/aromatic N) is 1. The van der Waals surface area contributed by atoms with Crippen LogP contribution in [0.3, 0.4) is 0 Å². The average Bonchev–Trinajstić information content (AvgIpc) is 3.09. The maximum absolute atomic E-state index is 13.7. The van der Waals surface area contributed by atoms with Crippen molar-refractivity contribution in [2.75, 3.05) is 31.5 Å². The molecule has 10 heteroatoms. The standard InChI is InChI=1S/C25H20Cl2N2O5S/c1-32-16-7-11-20(33-2)18(13-16)28-22-23(35-17-8-4-14(26)5-9-17)25(31)29(24(22)30)19-12-15(27)6-10-21(19)34-3/h4-13,28H,1-3H3. The molecule has 35 heavy (non-hydrogen) atoms. The normalized spacial score (nSPS) is 13.3. The van der Waals surface area contributed by atoms with Crippen LogP contribution in [0.15, 0.2) is 76.2 Å². The number of amides is 2. The minimum Gasteiger partial charge on any atom is -0.497 e. The predicted octanol–water partition coefficient (Wildman–Crippen LogP) is 6.01. The van der Waals surface area contributed by atoms with Gasteiger partial charge in [-0.05, 0) is 54.6 Å². The largest absolute Gasteiger partial charge is 0.497 e. The van der Waals surface area contributed by atoms with Crippen LogP contribution in [0.5, 0.6) is 17.2 Å². The molecule has 0 saturated carbocycles. The van der Waals surface area contributed by atoms with Gasteiger partial charge in [-0.3, -0.25) is 9.59 Å². The van der Waals surface area contributed by atoms with E-state index in [2.05, 4.69) is 5.32 Å². The molecule has 3 aromatic carbocycles. The molecule has 1 aliphatic heterocycles. The summed E-state index contributed by atoms with van der Waals surface area (Å²) in [6.07, 6.45) is 0. The Balaban J connectivity index is 1.82. The third kappa shape index (κ3) is 5.05. The molecule has 1 N–H and O–H groups in total. The van der Waals surface area contributed by atoms with Gasteiger partial charge in [-0.15, -0.1) is 0 Å². The Bertz CT molecular complexity index is 1330. The monoisotopic (exact) mass is 530 g/mol. The van der Waals surface area contributed by atoms with Crippen LogP contribution >= 0.6 is 35.0 Å². The van der Waals surface area contributed by atoms with E-state index in [4.69, 9.17) is 37.4 Å². The van der Waals surface area contributed by atoms with Crippen molar-refractivity contribution in [3.8, 4) is 17.2 Å². The summed E-state index contributed by atoms with van der Waals surface area (Å²) in [6.45, 7) is 0. The van der Waals surface area contributed by atoms with Crippen LogP contribution in [0, 0.1) is 0 Å². The van der Waals surface area contributed by atoms with Crippen molar-refractivity contribution in [2.24, 2.45) is 0 Å². The fourth-order valence-electron chi connectivity index (χ4n) is 3.44. The molecule has 1 aliphatic rings. The van der Waals surface area contributed by atoms with Crippen LogP contribution in [-0.2, 0) is 9.59 Å². The molecule has 4 rings (SSSR count). The maximum Gasteiger partial charge on any atom is 0.283 e. The lowest BCUT2D eigenvalue weighted by Gasteiger charge is -2.19.